The van der Waals surface area contributed by atoms with Crippen molar-refractivity contribution in [2.24, 2.45) is 11.3 Å². The molecule has 2 rings (SSSR count). The van der Waals surface area contributed by atoms with Crippen LogP contribution >= 0.6 is 0 Å². The Morgan fingerprint density at radius 2 is 1.95 bits per heavy atom. The number of fused-ring (bicyclic) bond motifs is 1. The molecule has 0 saturated heterocycles. The first kappa shape index (κ1) is 13.8. The van der Waals surface area contributed by atoms with E-state index < -0.39 is 5.41 Å². The maximum Gasteiger partial charge on any atom is 0.317 e. The highest BCUT2D eigenvalue weighted by Crippen LogP contribution is 2.47. The lowest BCUT2D eigenvalue weighted by atomic mass is 9.70. The molecule has 0 radical (unpaired) electrons. The summed E-state index contributed by atoms with van der Waals surface area (Å²) in [5.41, 5.74) is 0.292. The Morgan fingerprint density at radius 1 is 1.32 bits per heavy atom. The van der Waals surface area contributed by atoms with Crippen molar-refractivity contribution in [2.75, 3.05) is 0 Å². The first-order valence-corrected chi connectivity index (χ1v) is 6.68. The average molecular weight is 260 g/mol. The van der Waals surface area contributed by atoms with E-state index in [2.05, 4.69) is 0 Å². The van der Waals surface area contributed by atoms with Gasteiger partial charge in [-0.1, -0.05) is 32.0 Å². The van der Waals surface area contributed by atoms with Crippen LogP contribution in [0.2, 0.25) is 0 Å². The number of para-hydroxylation sites is 1. The first-order chi connectivity index (χ1) is 8.84. The fourth-order valence-corrected chi connectivity index (χ4v) is 2.43. The number of benzene rings is 1. The zero-order valence-corrected chi connectivity index (χ0v) is 11.9. The minimum atomic E-state index is -0.668. The molecule has 0 bridgehead atoms. The molecule has 0 saturated carbocycles. The zero-order valence-electron chi connectivity index (χ0n) is 11.9. The van der Waals surface area contributed by atoms with Gasteiger partial charge in [0.15, 0.2) is 0 Å². The summed E-state index contributed by atoms with van der Waals surface area (Å²) < 4.78 is 5.37. The number of carbonyl (C=O) groups excluding carboxylic acids is 2. The van der Waals surface area contributed by atoms with Gasteiger partial charge < -0.3 is 4.74 Å². The maximum atomic E-state index is 12.1. The molecule has 0 N–H and O–H groups in total. The van der Waals surface area contributed by atoms with Crippen LogP contribution in [0.15, 0.2) is 24.3 Å². The Kier molecular flexibility index (Phi) is 3.48. The van der Waals surface area contributed by atoms with E-state index in [1.807, 2.05) is 45.9 Å². The van der Waals surface area contributed by atoms with Crippen LogP contribution in [0.4, 0.5) is 0 Å². The molecule has 0 fully saturated rings. The minimum absolute atomic E-state index is 0.0130. The van der Waals surface area contributed by atoms with Crippen molar-refractivity contribution in [2.45, 2.75) is 40.0 Å². The molecule has 19 heavy (non-hydrogen) atoms. The van der Waals surface area contributed by atoms with E-state index in [9.17, 15) is 9.59 Å². The third-order valence-corrected chi connectivity index (χ3v) is 3.94. The third-order valence-electron chi connectivity index (χ3n) is 3.94. The van der Waals surface area contributed by atoms with Crippen LogP contribution in [0.3, 0.4) is 0 Å². The molecule has 1 unspecified atom stereocenters. The maximum absolute atomic E-state index is 12.1. The molecule has 1 aromatic carbocycles. The van der Waals surface area contributed by atoms with E-state index in [4.69, 9.17) is 4.74 Å². The summed E-state index contributed by atoms with van der Waals surface area (Å²) in [4.78, 5) is 24.2. The van der Waals surface area contributed by atoms with Crippen LogP contribution in [-0.2, 0) is 9.59 Å². The zero-order chi connectivity index (χ0) is 14.2. The van der Waals surface area contributed by atoms with Gasteiger partial charge in [-0.3, -0.25) is 9.59 Å². The number of Topliss-reactive ketones (excluding diaryl/α,β-unsaturated/α-hetero) is 1. The molecular formula is C16H20O3. The highest BCUT2D eigenvalue weighted by Gasteiger charge is 2.45. The largest absolute Gasteiger partial charge is 0.426 e. The van der Waals surface area contributed by atoms with Gasteiger partial charge in [-0.2, -0.15) is 0 Å². The van der Waals surface area contributed by atoms with Gasteiger partial charge in [0.05, 0.1) is 5.41 Å². The van der Waals surface area contributed by atoms with Crippen molar-refractivity contribution < 1.29 is 14.3 Å². The van der Waals surface area contributed by atoms with E-state index in [1.54, 1.807) is 6.07 Å². The molecule has 0 aromatic heterocycles. The number of esters is 1. The number of hydrogen-bond acceptors (Lipinski definition) is 3. The van der Waals surface area contributed by atoms with Gasteiger partial charge in [-0.05, 0) is 25.5 Å². The molecule has 1 aliphatic heterocycles. The standard InChI is InChI=1S/C16H20O3/c1-10(2)13(17)9-12-11-7-5-6-8-14(11)19-15(18)16(12,3)4/h5-8,10,12H,9H2,1-4H3. The van der Waals surface area contributed by atoms with Crippen LogP contribution in [0.1, 0.15) is 45.6 Å². The summed E-state index contributed by atoms with van der Waals surface area (Å²) in [7, 11) is 0. The van der Waals surface area contributed by atoms with Crippen molar-refractivity contribution >= 4 is 11.8 Å². The van der Waals surface area contributed by atoms with Crippen molar-refractivity contribution in [1.82, 2.24) is 0 Å². The molecule has 0 amide bonds. The van der Waals surface area contributed by atoms with E-state index >= 15 is 0 Å². The summed E-state index contributed by atoms with van der Waals surface area (Å²) >= 11 is 0. The molecule has 102 valence electrons. The summed E-state index contributed by atoms with van der Waals surface area (Å²) in [6.07, 6.45) is 0.386. The molecular weight excluding hydrogens is 240 g/mol. The average Bonchev–Trinajstić information content (AvgIpc) is 2.34. The normalized spacial score (nSPS) is 20.9. The van der Waals surface area contributed by atoms with Crippen LogP contribution in [0.25, 0.3) is 0 Å². The quantitative estimate of drug-likeness (QED) is 0.618. The number of rotatable bonds is 3. The fraction of sp³-hybridized carbons (Fsp3) is 0.500. The second kappa shape index (κ2) is 4.80. The molecule has 1 aromatic rings. The molecule has 3 nitrogen and oxygen atoms in total. The predicted octanol–water partition coefficient (Wildman–Crippen LogP) is 3.33. The molecule has 3 heteroatoms. The van der Waals surface area contributed by atoms with Gasteiger partial charge in [0.25, 0.3) is 0 Å². The van der Waals surface area contributed by atoms with Crippen molar-refractivity contribution in [3.8, 4) is 5.75 Å². The van der Waals surface area contributed by atoms with Crippen LogP contribution in [-0.4, -0.2) is 11.8 Å². The van der Waals surface area contributed by atoms with Gasteiger partial charge in [0.1, 0.15) is 11.5 Å². The van der Waals surface area contributed by atoms with E-state index in [0.29, 0.717) is 12.2 Å². The SMILES string of the molecule is CC(C)C(=O)CC1c2ccccc2OC(=O)C1(C)C. The lowest BCUT2D eigenvalue weighted by molar-refractivity contribution is -0.147. The highest BCUT2D eigenvalue weighted by molar-refractivity contribution is 5.86. The number of ether oxygens (including phenoxy) is 1. The minimum Gasteiger partial charge on any atom is -0.426 e. The highest BCUT2D eigenvalue weighted by atomic mass is 16.5. The Labute approximate surface area is 114 Å². The van der Waals surface area contributed by atoms with Crippen molar-refractivity contribution in [1.29, 1.82) is 0 Å². The molecule has 1 heterocycles. The monoisotopic (exact) mass is 260 g/mol. The Hall–Kier alpha value is -1.64. The van der Waals surface area contributed by atoms with Gasteiger partial charge >= 0.3 is 5.97 Å². The lowest BCUT2D eigenvalue weighted by Gasteiger charge is -2.37. The van der Waals surface area contributed by atoms with Gasteiger partial charge in [0.2, 0.25) is 0 Å². The van der Waals surface area contributed by atoms with Crippen LogP contribution < -0.4 is 4.74 Å². The number of carbonyl (C=O) groups is 2. The predicted molar refractivity (Wildman–Crippen MR) is 73.1 cm³/mol. The Balaban J connectivity index is 2.42. The molecule has 1 atom stereocenters. The number of hydrogen-bond donors (Lipinski definition) is 0. The summed E-state index contributed by atoms with van der Waals surface area (Å²) in [5.74, 6) is 0.393. The van der Waals surface area contributed by atoms with Gasteiger partial charge in [0, 0.05) is 18.3 Å². The molecule has 0 spiro atoms. The lowest BCUT2D eigenvalue weighted by Crippen LogP contribution is -2.40. The van der Waals surface area contributed by atoms with Gasteiger partial charge in [-0.15, -0.1) is 0 Å². The molecule has 0 aliphatic carbocycles. The molecule has 1 aliphatic rings. The van der Waals surface area contributed by atoms with E-state index in [-0.39, 0.29) is 23.6 Å². The summed E-state index contributed by atoms with van der Waals surface area (Å²) in [6, 6.07) is 7.49. The van der Waals surface area contributed by atoms with Crippen molar-refractivity contribution in [3.63, 3.8) is 0 Å². The Morgan fingerprint density at radius 3 is 2.58 bits per heavy atom. The summed E-state index contributed by atoms with van der Waals surface area (Å²) in [6.45, 7) is 7.48. The second-order valence-electron chi connectivity index (χ2n) is 6.03. The number of ketones is 1. The van der Waals surface area contributed by atoms with Crippen LogP contribution in [0.5, 0.6) is 5.75 Å². The first-order valence-electron chi connectivity index (χ1n) is 6.68. The Bertz CT molecular complexity index is 514. The fourth-order valence-electron chi connectivity index (χ4n) is 2.43. The van der Waals surface area contributed by atoms with Crippen LogP contribution in [0, 0.1) is 11.3 Å². The smallest absolute Gasteiger partial charge is 0.317 e. The summed E-state index contributed by atoms with van der Waals surface area (Å²) in [5, 5.41) is 0. The van der Waals surface area contributed by atoms with Gasteiger partial charge in [-0.25, -0.2) is 0 Å². The second-order valence-corrected chi connectivity index (χ2v) is 6.03. The topological polar surface area (TPSA) is 43.4 Å². The third kappa shape index (κ3) is 2.42. The van der Waals surface area contributed by atoms with Crippen molar-refractivity contribution in [3.05, 3.63) is 29.8 Å². The van der Waals surface area contributed by atoms with E-state index in [0.717, 1.165) is 5.56 Å². The van der Waals surface area contributed by atoms with E-state index in [1.165, 1.54) is 0 Å².